The Hall–Kier alpha value is -2.56. The molecule has 0 aliphatic carbocycles. The van der Waals surface area contributed by atoms with Crippen molar-refractivity contribution >= 4 is 33.3 Å². The zero-order valence-corrected chi connectivity index (χ0v) is 21.0. The van der Waals surface area contributed by atoms with Crippen molar-refractivity contribution in [2.24, 2.45) is 0 Å². The minimum absolute atomic E-state index is 0.0222. The van der Waals surface area contributed by atoms with Crippen LogP contribution < -0.4 is 5.32 Å². The Balaban J connectivity index is 1.92. The van der Waals surface area contributed by atoms with Gasteiger partial charge in [-0.05, 0) is 56.5 Å². The number of carbonyl (C=O) groups is 2. The summed E-state index contributed by atoms with van der Waals surface area (Å²) in [6.45, 7) is 3.18. The van der Waals surface area contributed by atoms with Gasteiger partial charge in [-0.15, -0.1) is 0 Å². The Labute approximate surface area is 208 Å². The molecule has 11 heteroatoms. The molecule has 1 saturated heterocycles. The van der Waals surface area contributed by atoms with E-state index >= 15 is 0 Å². The number of rotatable bonds is 7. The first kappa shape index (κ1) is 27.0. The predicted molar refractivity (Wildman–Crippen MR) is 127 cm³/mol. The fourth-order valence-corrected chi connectivity index (χ4v) is 5.16. The maximum Gasteiger partial charge on any atom is 0.254 e. The van der Waals surface area contributed by atoms with Gasteiger partial charge in [-0.25, -0.2) is 17.2 Å². The molecule has 0 spiro atoms. The van der Waals surface area contributed by atoms with E-state index < -0.39 is 56.5 Å². The first-order chi connectivity index (χ1) is 16.3. The van der Waals surface area contributed by atoms with Gasteiger partial charge in [-0.3, -0.25) is 9.59 Å². The van der Waals surface area contributed by atoms with Crippen LogP contribution in [0.15, 0.2) is 41.3 Å². The van der Waals surface area contributed by atoms with Crippen LogP contribution in [0.25, 0.3) is 0 Å². The molecule has 2 aromatic rings. The van der Waals surface area contributed by atoms with Crippen LogP contribution in [0.5, 0.6) is 0 Å². The second kappa shape index (κ2) is 10.6. The molecule has 0 unspecified atom stereocenters. The molecular formula is C24H27ClF2N2O5S. The Morgan fingerprint density at radius 2 is 1.89 bits per heavy atom. The molecule has 2 amide bonds. The van der Waals surface area contributed by atoms with E-state index in [9.17, 15) is 31.9 Å². The van der Waals surface area contributed by atoms with Crippen molar-refractivity contribution in [2.75, 3.05) is 6.26 Å². The Morgan fingerprint density at radius 1 is 1.20 bits per heavy atom. The highest BCUT2D eigenvalue weighted by molar-refractivity contribution is 7.90. The highest BCUT2D eigenvalue weighted by atomic mass is 35.5. The van der Waals surface area contributed by atoms with Gasteiger partial charge in [0, 0.05) is 23.4 Å². The third-order valence-electron chi connectivity index (χ3n) is 6.17. The van der Waals surface area contributed by atoms with E-state index in [-0.39, 0.29) is 22.1 Å². The molecule has 0 radical (unpaired) electrons. The van der Waals surface area contributed by atoms with Gasteiger partial charge >= 0.3 is 0 Å². The van der Waals surface area contributed by atoms with Crippen molar-refractivity contribution in [3.05, 3.63) is 64.2 Å². The lowest BCUT2D eigenvalue weighted by atomic mass is 10.0. The fourth-order valence-electron chi connectivity index (χ4n) is 4.34. The minimum Gasteiger partial charge on any atom is -0.391 e. The molecule has 2 N–H and O–H groups in total. The zero-order valence-electron chi connectivity index (χ0n) is 19.5. The standard InChI is InChI=1S/C24H27ClF2N2O5S/c1-4-15-8-9-21(29(15)24(32)14-6-5-7-16(10-14)35(3,33)34)23(31)28-22(13(2)30)17-11-20(27)18(25)12-19(17)26/h5-7,10-13,15,21-22,30H,4,8-9H2,1-3H3,(H,28,31)/t13-,15+,21+,22+/m0/s1. The molecule has 1 aliphatic rings. The molecule has 1 aliphatic heterocycles. The van der Waals surface area contributed by atoms with E-state index in [1.54, 1.807) is 0 Å². The van der Waals surface area contributed by atoms with Crippen LogP contribution in [0.2, 0.25) is 5.02 Å². The summed E-state index contributed by atoms with van der Waals surface area (Å²) < 4.78 is 52.4. The lowest BCUT2D eigenvalue weighted by molar-refractivity contribution is -0.126. The van der Waals surface area contributed by atoms with E-state index in [1.807, 2.05) is 6.92 Å². The number of hydrogen-bond donors (Lipinski definition) is 2. The molecule has 2 aromatic carbocycles. The maximum atomic E-state index is 14.5. The highest BCUT2D eigenvalue weighted by Crippen LogP contribution is 2.31. The Kier molecular flexibility index (Phi) is 8.18. The van der Waals surface area contributed by atoms with Gasteiger partial charge in [0.1, 0.15) is 17.7 Å². The third-order valence-corrected chi connectivity index (χ3v) is 7.57. The second-order valence-electron chi connectivity index (χ2n) is 8.68. The molecule has 0 aromatic heterocycles. The van der Waals surface area contributed by atoms with E-state index in [4.69, 9.17) is 11.6 Å². The van der Waals surface area contributed by atoms with Crippen LogP contribution in [0.4, 0.5) is 8.78 Å². The summed E-state index contributed by atoms with van der Waals surface area (Å²) in [6.07, 6.45) is 1.14. The van der Waals surface area contributed by atoms with Gasteiger partial charge in [0.05, 0.1) is 22.1 Å². The molecule has 0 bridgehead atoms. The van der Waals surface area contributed by atoms with E-state index in [0.717, 1.165) is 18.4 Å². The summed E-state index contributed by atoms with van der Waals surface area (Å²) in [6, 6.07) is 4.64. The second-order valence-corrected chi connectivity index (χ2v) is 11.1. The van der Waals surface area contributed by atoms with Crippen LogP contribution in [0.3, 0.4) is 0 Å². The van der Waals surface area contributed by atoms with E-state index in [1.165, 1.54) is 36.1 Å². The van der Waals surface area contributed by atoms with E-state index in [2.05, 4.69) is 5.32 Å². The number of halogens is 3. The quantitative estimate of drug-likeness (QED) is 0.534. The first-order valence-electron chi connectivity index (χ1n) is 11.1. The van der Waals surface area contributed by atoms with Crippen molar-refractivity contribution in [3.8, 4) is 0 Å². The van der Waals surface area contributed by atoms with Crippen molar-refractivity contribution < 1.29 is 31.9 Å². The number of nitrogens with one attached hydrogen (secondary N) is 1. The van der Waals surface area contributed by atoms with Gasteiger partial charge in [-0.2, -0.15) is 0 Å². The lowest BCUT2D eigenvalue weighted by Gasteiger charge is -2.31. The SMILES string of the molecule is CC[C@@H]1CC[C@H](C(=O)N[C@@H](c2cc(F)c(Cl)cc2F)[C@H](C)O)N1C(=O)c1cccc(S(C)(=O)=O)c1. The minimum atomic E-state index is -3.55. The van der Waals surface area contributed by atoms with Gasteiger partial charge in [0.2, 0.25) is 5.91 Å². The molecule has 190 valence electrons. The van der Waals surface area contributed by atoms with E-state index in [0.29, 0.717) is 19.3 Å². The van der Waals surface area contributed by atoms with Crippen LogP contribution in [0, 0.1) is 11.6 Å². The van der Waals surface area contributed by atoms with Gasteiger partial charge < -0.3 is 15.3 Å². The number of aliphatic hydroxyl groups is 1. The summed E-state index contributed by atoms with van der Waals surface area (Å²) in [5, 5.41) is 12.3. The van der Waals surface area contributed by atoms with Gasteiger partial charge in [0.15, 0.2) is 9.84 Å². The topological polar surface area (TPSA) is 104 Å². The van der Waals surface area contributed by atoms with Crippen molar-refractivity contribution in [3.63, 3.8) is 0 Å². The molecule has 4 atom stereocenters. The predicted octanol–water partition coefficient (Wildman–Crippen LogP) is 3.64. The molecule has 7 nitrogen and oxygen atoms in total. The Morgan fingerprint density at radius 3 is 2.49 bits per heavy atom. The van der Waals surface area contributed by atoms with Crippen molar-refractivity contribution in [2.45, 2.75) is 62.2 Å². The molecule has 1 heterocycles. The van der Waals surface area contributed by atoms with Crippen LogP contribution in [-0.2, 0) is 14.6 Å². The number of benzene rings is 2. The lowest BCUT2D eigenvalue weighted by Crippen LogP contribution is -2.50. The maximum absolute atomic E-state index is 14.5. The number of likely N-dealkylation sites (tertiary alicyclic amines) is 1. The van der Waals surface area contributed by atoms with Crippen LogP contribution in [-0.4, -0.2) is 54.7 Å². The number of sulfone groups is 1. The summed E-state index contributed by atoms with van der Waals surface area (Å²) in [5.41, 5.74) is -0.164. The molecule has 1 fully saturated rings. The monoisotopic (exact) mass is 528 g/mol. The smallest absolute Gasteiger partial charge is 0.254 e. The normalized spacial score (nSPS) is 19.9. The third kappa shape index (κ3) is 5.82. The fraction of sp³-hybridized carbons (Fsp3) is 0.417. The molecule has 35 heavy (non-hydrogen) atoms. The number of carbonyl (C=O) groups excluding carboxylic acids is 2. The zero-order chi connectivity index (χ0) is 26.1. The number of amides is 2. The average molecular weight is 529 g/mol. The first-order valence-corrected chi connectivity index (χ1v) is 13.4. The summed E-state index contributed by atoms with van der Waals surface area (Å²) >= 11 is 5.62. The van der Waals surface area contributed by atoms with Gasteiger partial charge in [0.25, 0.3) is 5.91 Å². The highest BCUT2D eigenvalue weighted by Gasteiger charge is 2.41. The van der Waals surface area contributed by atoms with Crippen LogP contribution >= 0.6 is 11.6 Å². The summed E-state index contributed by atoms with van der Waals surface area (Å²) in [4.78, 5) is 28.1. The molecule has 0 saturated carbocycles. The largest absolute Gasteiger partial charge is 0.391 e. The molecule has 3 rings (SSSR count). The van der Waals surface area contributed by atoms with Crippen molar-refractivity contribution in [1.29, 1.82) is 0 Å². The van der Waals surface area contributed by atoms with Gasteiger partial charge in [-0.1, -0.05) is 24.6 Å². The average Bonchev–Trinajstić information content (AvgIpc) is 3.23. The summed E-state index contributed by atoms with van der Waals surface area (Å²) in [5.74, 6) is -2.96. The Bertz CT molecular complexity index is 1240. The van der Waals surface area contributed by atoms with Crippen LogP contribution in [0.1, 0.15) is 55.1 Å². The summed E-state index contributed by atoms with van der Waals surface area (Å²) in [7, 11) is -3.55. The number of nitrogens with zero attached hydrogens (tertiary/aromatic N) is 1. The number of hydrogen-bond acceptors (Lipinski definition) is 5. The van der Waals surface area contributed by atoms with Crippen molar-refractivity contribution in [1.82, 2.24) is 10.2 Å². The molecular weight excluding hydrogens is 502 g/mol. The number of aliphatic hydroxyl groups excluding tert-OH is 1.